The first-order valence-corrected chi connectivity index (χ1v) is 9.02. The van der Waals surface area contributed by atoms with Crippen LogP contribution in [0.2, 0.25) is 5.28 Å². The van der Waals surface area contributed by atoms with Crippen LogP contribution in [0.5, 0.6) is 5.75 Å². The Hall–Kier alpha value is -1.85. The minimum Gasteiger partial charge on any atom is -0.497 e. The van der Waals surface area contributed by atoms with Crippen molar-refractivity contribution in [3.63, 3.8) is 0 Å². The molecular weight excluding hydrogens is 344 g/mol. The van der Waals surface area contributed by atoms with Gasteiger partial charge in [0.15, 0.2) is 11.0 Å². The molecule has 2 aromatic rings. The maximum absolute atomic E-state index is 12.9. The molecule has 0 aliphatic carbocycles. The SMILES string of the molecule is C=C/C(=C\C=C(/C)S(=O)n1c(Cl)nc2cc(OC)ccc21)C(C)C. The molecule has 0 aliphatic heterocycles. The third-order valence-corrected chi connectivity index (χ3v) is 5.38. The quantitative estimate of drug-likeness (QED) is 0.686. The van der Waals surface area contributed by atoms with Crippen LogP contribution in [0, 0.1) is 5.92 Å². The zero-order valence-corrected chi connectivity index (χ0v) is 15.8. The van der Waals surface area contributed by atoms with Gasteiger partial charge in [-0.3, -0.25) is 0 Å². The third kappa shape index (κ3) is 3.79. The van der Waals surface area contributed by atoms with Crippen LogP contribution in [0.3, 0.4) is 0 Å². The van der Waals surface area contributed by atoms with E-state index in [1.807, 2.05) is 18.2 Å². The van der Waals surface area contributed by atoms with Gasteiger partial charge in [0.25, 0.3) is 0 Å². The molecule has 1 atom stereocenters. The Morgan fingerprint density at radius 1 is 1.42 bits per heavy atom. The molecule has 6 heteroatoms. The van der Waals surface area contributed by atoms with Crippen LogP contribution >= 0.6 is 11.6 Å². The lowest BCUT2D eigenvalue weighted by atomic mass is 10.0. The Balaban J connectivity index is 2.44. The molecule has 1 aromatic heterocycles. The topological polar surface area (TPSA) is 44.1 Å². The Morgan fingerprint density at radius 2 is 2.12 bits per heavy atom. The molecule has 128 valence electrons. The van der Waals surface area contributed by atoms with Crippen LogP contribution in [-0.2, 0) is 11.0 Å². The first-order chi connectivity index (χ1) is 11.4. The average molecular weight is 365 g/mol. The van der Waals surface area contributed by atoms with Crippen LogP contribution in [0.15, 0.2) is 53.5 Å². The summed E-state index contributed by atoms with van der Waals surface area (Å²) in [5, 5.41) is 0.182. The van der Waals surface area contributed by atoms with Crippen molar-refractivity contribution in [3.8, 4) is 5.75 Å². The van der Waals surface area contributed by atoms with Crippen LogP contribution < -0.4 is 4.74 Å². The van der Waals surface area contributed by atoms with E-state index in [9.17, 15) is 4.21 Å². The molecule has 0 aliphatic rings. The van der Waals surface area contributed by atoms with Gasteiger partial charge < -0.3 is 4.74 Å². The van der Waals surface area contributed by atoms with Crippen molar-refractivity contribution < 1.29 is 8.95 Å². The maximum Gasteiger partial charge on any atom is 0.216 e. The second-order valence-electron chi connectivity index (χ2n) is 5.58. The van der Waals surface area contributed by atoms with Crippen molar-refractivity contribution in [1.29, 1.82) is 0 Å². The molecule has 0 amide bonds. The van der Waals surface area contributed by atoms with Crippen molar-refractivity contribution in [1.82, 2.24) is 8.96 Å². The summed E-state index contributed by atoms with van der Waals surface area (Å²) in [6, 6.07) is 5.36. The highest BCUT2D eigenvalue weighted by molar-refractivity contribution is 7.87. The molecule has 0 bridgehead atoms. The maximum atomic E-state index is 12.9. The molecule has 0 spiro atoms. The molecule has 0 N–H and O–H groups in total. The van der Waals surface area contributed by atoms with E-state index in [0.29, 0.717) is 27.6 Å². The Morgan fingerprint density at radius 3 is 2.71 bits per heavy atom. The molecule has 1 unspecified atom stereocenters. The monoisotopic (exact) mass is 364 g/mol. The lowest BCUT2D eigenvalue weighted by Gasteiger charge is -2.07. The van der Waals surface area contributed by atoms with Crippen molar-refractivity contribution in [3.05, 3.63) is 58.8 Å². The largest absolute Gasteiger partial charge is 0.497 e. The first kappa shape index (κ1) is 18.5. The standard InChI is InChI=1S/C18H21ClN2O2S/c1-6-14(12(2)3)8-7-13(4)24(22)21-17-10-9-15(23-5)11-16(17)20-18(21)19/h6-12H,1H2,2-5H3/b13-7+,14-8+. The fourth-order valence-corrected chi connectivity index (χ4v) is 3.56. The summed E-state index contributed by atoms with van der Waals surface area (Å²) in [4.78, 5) is 4.93. The molecule has 4 nitrogen and oxygen atoms in total. The predicted octanol–water partition coefficient (Wildman–Crippen LogP) is 4.88. The van der Waals surface area contributed by atoms with Gasteiger partial charge in [-0.25, -0.2) is 13.2 Å². The van der Waals surface area contributed by atoms with Gasteiger partial charge in [0.05, 0.1) is 18.1 Å². The molecular formula is C18H21ClN2O2S. The number of ether oxygens (including phenoxy) is 1. The zero-order chi connectivity index (χ0) is 17.9. The molecule has 0 saturated heterocycles. The highest BCUT2D eigenvalue weighted by Crippen LogP contribution is 2.26. The molecule has 2 rings (SSSR count). The number of aromatic nitrogens is 2. The Kier molecular flexibility index (Phi) is 6.02. The number of benzene rings is 1. The van der Waals surface area contributed by atoms with Gasteiger partial charge >= 0.3 is 0 Å². The van der Waals surface area contributed by atoms with Crippen molar-refractivity contribution >= 4 is 33.6 Å². The van der Waals surface area contributed by atoms with Crippen LogP contribution in [0.1, 0.15) is 20.8 Å². The highest BCUT2D eigenvalue weighted by atomic mass is 35.5. The Bertz CT molecular complexity index is 850. The summed E-state index contributed by atoms with van der Waals surface area (Å²) >= 11 is 6.20. The van der Waals surface area contributed by atoms with Gasteiger partial charge in [-0.05, 0) is 48.2 Å². The molecule has 0 saturated carbocycles. The molecule has 1 heterocycles. The van der Waals surface area contributed by atoms with Gasteiger partial charge in [0.1, 0.15) is 5.75 Å². The van der Waals surface area contributed by atoms with Gasteiger partial charge in [-0.15, -0.1) is 0 Å². The van der Waals surface area contributed by atoms with Crippen molar-refractivity contribution in [2.75, 3.05) is 7.11 Å². The van der Waals surface area contributed by atoms with Gasteiger partial charge in [-0.2, -0.15) is 0 Å². The Labute approximate surface area is 150 Å². The lowest BCUT2D eigenvalue weighted by Crippen LogP contribution is -2.05. The van der Waals surface area contributed by atoms with E-state index < -0.39 is 11.0 Å². The number of hydrogen-bond acceptors (Lipinski definition) is 3. The number of halogens is 1. The van der Waals surface area contributed by atoms with E-state index in [-0.39, 0.29) is 5.28 Å². The lowest BCUT2D eigenvalue weighted by molar-refractivity contribution is 0.415. The van der Waals surface area contributed by atoms with E-state index in [0.717, 1.165) is 5.57 Å². The van der Waals surface area contributed by atoms with E-state index in [1.54, 1.807) is 32.2 Å². The number of hydrogen-bond donors (Lipinski definition) is 0. The van der Waals surface area contributed by atoms with Gasteiger partial charge in [-0.1, -0.05) is 32.6 Å². The number of methoxy groups -OCH3 is 1. The summed E-state index contributed by atoms with van der Waals surface area (Å²) in [6.07, 6.45) is 5.57. The zero-order valence-electron chi connectivity index (χ0n) is 14.2. The predicted molar refractivity (Wildman–Crippen MR) is 102 cm³/mol. The van der Waals surface area contributed by atoms with Crippen LogP contribution in [0.4, 0.5) is 0 Å². The minimum atomic E-state index is -1.46. The molecule has 0 fully saturated rings. The summed E-state index contributed by atoms with van der Waals surface area (Å²) in [7, 11) is 0.127. The van der Waals surface area contributed by atoms with Crippen LogP contribution in [-0.4, -0.2) is 20.3 Å². The molecule has 24 heavy (non-hydrogen) atoms. The minimum absolute atomic E-state index is 0.182. The van der Waals surface area contributed by atoms with E-state index in [4.69, 9.17) is 16.3 Å². The number of fused-ring (bicyclic) bond motifs is 1. The second kappa shape index (κ2) is 7.81. The second-order valence-corrected chi connectivity index (χ2v) is 7.43. The first-order valence-electron chi connectivity index (χ1n) is 7.54. The van der Waals surface area contributed by atoms with E-state index in [1.165, 1.54) is 3.97 Å². The van der Waals surface area contributed by atoms with Gasteiger partial charge in [0, 0.05) is 11.0 Å². The van der Waals surface area contributed by atoms with Crippen molar-refractivity contribution in [2.24, 2.45) is 5.92 Å². The van der Waals surface area contributed by atoms with Crippen molar-refractivity contribution in [2.45, 2.75) is 20.8 Å². The summed E-state index contributed by atoms with van der Waals surface area (Å²) < 4.78 is 19.6. The normalized spacial score (nSPS) is 14.2. The van der Waals surface area contributed by atoms with E-state index in [2.05, 4.69) is 25.4 Å². The summed E-state index contributed by atoms with van der Waals surface area (Å²) in [6.45, 7) is 9.78. The number of nitrogens with zero attached hydrogens (tertiary/aromatic N) is 2. The van der Waals surface area contributed by atoms with Gasteiger partial charge in [0.2, 0.25) is 5.28 Å². The van der Waals surface area contributed by atoms with E-state index >= 15 is 0 Å². The molecule has 0 radical (unpaired) electrons. The summed E-state index contributed by atoms with van der Waals surface area (Å²) in [5.41, 5.74) is 2.42. The smallest absolute Gasteiger partial charge is 0.216 e. The number of rotatable bonds is 6. The fourth-order valence-electron chi connectivity index (χ4n) is 2.21. The fraction of sp³-hybridized carbons (Fsp3) is 0.278. The van der Waals surface area contributed by atoms with Crippen LogP contribution in [0.25, 0.3) is 11.0 Å². The third-order valence-electron chi connectivity index (χ3n) is 3.64. The molecule has 1 aromatic carbocycles. The highest BCUT2D eigenvalue weighted by Gasteiger charge is 2.16. The summed E-state index contributed by atoms with van der Waals surface area (Å²) in [5.74, 6) is 1.03. The average Bonchev–Trinajstić information content (AvgIpc) is 2.88. The number of allylic oxidation sites excluding steroid dienone is 5. The number of imidazole rings is 1.